The minimum absolute atomic E-state index is 0.0532. The summed E-state index contributed by atoms with van der Waals surface area (Å²) in [5, 5.41) is 21.4. The summed E-state index contributed by atoms with van der Waals surface area (Å²) in [6, 6.07) is 14.0. The minimum atomic E-state index is -1.14. The number of ketones is 1. The van der Waals surface area contributed by atoms with Gasteiger partial charge in [-0.3, -0.25) is 9.20 Å². The van der Waals surface area contributed by atoms with Crippen LogP contribution < -0.4 is 4.74 Å². The van der Waals surface area contributed by atoms with E-state index in [9.17, 15) is 23.8 Å². The summed E-state index contributed by atoms with van der Waals surface area (Å²) in [6.45, 7) is 3.11. The Hall–Kier alpha value is -3.62. The van der Waals surface area contributed by atoms with Crippen LogP contribution in [0.5, 0.6) is 5.75 Å². The number of Topliss-reactive ketones (excluding diaryl/α,β-unsaturated/α-hetero) is 1. The van der Waals surface area contributed by atoms with Crippen LogP contribution >= 0.6 is 0 Å². The molecule has 0 unspecified atom stereocenters. The van der Waals surface area contributed by atoms with Crippen molar-refractivity contribution >= 4 is 11.4 Å². The van der Waals surface area contributed by atoms with Crippen LogP contribution in [0.15, 0.2) is 60.8 Å². The fraction of sp³-hybridized carbons (Fsp3) is 0.259. The molecule has 0 saturated heterocycles. The van der Waals surface area contributed by atoms with E-state index in [-0.39, 0.29) is 30.1 Å². The van der Waals surface area contributed by atoms with Crippen molar-refractivity contribution in [3.63, 3.8) is 0 Å². The van der Waals surface area contributed by atoms with Crippen molar-refractivity contribution in [3.8, 4) is 5.75 Å². The summed E-state index contributed by atoms with van der Waals surface area (Å²) in [5.41, 5.74) is 1.26. The van der Waals surface area contributed by atoms with E-state index in [2.05, 4.69) is 4.98 Å². The Labute approximate surface area is 200 Å². The minimum Gasteiger partial charge on any atom is -0.485 e. The highest BCUT2D eigenvalue weighted by molar-refractivity contribution is 5.97. The standard InChI is InChI=1S/C27H24F2N2O4/c1-15-23(21(32)13-27(2)18-8-4-3-7-16(18)24(33)25(27)34)31-12-6-11-22(26(31)30-15)35-14-17-19(28)9-5-10-20(17)29/h3-12,24-25,33-34H,13-14H2,1-2H3/t24-,25-,27-/m1/s1. The van der Waals surface area contributed by atoms with Gasteiger partial charge in [0.25, 0.3) is 0 Å². The molecule has 4 aromatic rings. The SMILES string of the molecule is Cc1nc2c(OCc3c(F)cccc3F)cccn2c1C(=O)C[C@]1(C)c2ccccc2[C@@H](O)[C@H]1O. The van der Waals surface area contributed by atoms with Crippen molar-refractivity contribution in [1.82, 2.24) is 9.38 Å². The van der Waals surface area contributed by atoms with Gasteiger partial charge < -0.3 is 14.9 Å². The molecule has 1 aliphatic carbocycles. The zero-order valence-corrected chi connectivity index (χ0v) is 19.2. The Balaban J connectivity index is 1.47. The first-order valence-electron chi connectivity index (χ1n) is 11.2. The molecule has 5 rings (SSSR count). The van der Waals surface area contributed by atoms with Gasteiger partial charge >= 0.3 is 0 Å². The van der Waals surface area contributed by atoms with Gasteiger partial charge in [-0.15, -0.1) is 0 Å². The summed E-state index contributed by atoms with van der Waals surface area (Å²) in [6.07, 6.45) is -0.610. The quantitative estimate of drug-likeness (QED) is 0.401. The van der Waals surface area contributed by atoms with Crippen LogP contribution in [0.3, 0.4) is 0 Å². The lowest BCUT2D eigenvalue weighted by Gasteiger charge is -2.29. The number of aryl methyl sites for hydroxylation is 1. The molecule has 0 spiro atoms. The Morgan fingerprint density at radius 2 is 1.80 bits per heavy atom. The van der Waals surface area contributed by atoms with E-state index < -0.39 is 29.3 Å². The number of carbonyl (C=O) groups is 1. The number of hydrogen-bond acceptors (Lipinski definition) is 5. The first-order chi connectivity index (χ1) is 16.7. The molecule has 2 heterocycles. The molecule has 8 heteroatoms. The second-order valence-electron chi connectivity index (χ2n) is 9.10. The number of carbonyl (C=O) groups excluding carboxylic acids is 1. The van der Waals surface area contributed by atoms with Gasteiger partial charge in [-0.05, 0) is 42.3 Å². The monoisotopic (exact) mass is 478 g/mol. The summed E-state index contributed by atoms with van der Waals surface area (Å²) < 4.78 is 35.3. The topological polar surface area (TPSA) is 84.1 Å². The van der Waals surface area contributed by atoms with Crippen molar-refractivity contribution in [2.75, 3.05) is 0 Å². The maximum absolute atomic E-state index is 14.0. The largest absolute Gasteiger partial charge is 0.485 e. The average molecular weight is 478 g/mol. The molecule has 0 saturated carbocycles. The molecular weight excluding hydrogens is 454 g/mol. The predicted molar refractivity (Wildman–Crippen MR) is 124 cm³/mol. The van der Waals surface area contributed by atoms with E-state index in [0.29, 0.717) is 22.6 Å². The Bertz CT molecular complexity index is 1430. The molecule has 1 aliphatic rings. The molecule has 0 fully saturated rings. The highest BCUT2D eigenvalue weighted by Gasteiger charge is 2.49. The van der Waals surface area contributed by atoms with E-state index in [1.165, 1.54) is 6.07 Å². The molecule has 2 aromatic carbocycles. The van der Waals surface area contributed by atoms with Crippen molar-refractivity contribution < 1.29 is 28.5 Å². The number of imidazole rings is 1. The van der Waals surface area contributed by atoms with Gasteiger partial charge in [-0.25, -0.2) is 13.8 Å². The second kappa shape index (κ2) is 8.55. The van der Waals surface area contributed by atoms with Crippen molar-refractivity contribution in [2.24, 2.45) is 0 Å². The highest BCUT2D eigenvalue weighted by atomic mass is 19.1. The average Bonchev–Trinajstić information content (AvgIpc) is 3.27. The molecule has 35 heavy (non-hydrogen) atoms. The lowest BCUT2D eigenvalue weighted by Crippen LogP contribution is -2.37. The third kappa shape index (κ3) is 3.69. The predicted octanol–water partition coefficient (Wildman–Crippen LogP) is 4.44. The number of halogens is 2. The molecule has 3 atom stereocenters. The number of fused-ring (bicyclic) bond motifs is 2. The summed E-state index contributed by atoms with van der Waals surface area (Å²) in [4.78, 5) is 18.0. The van der Waals surface area contributed by atoms with Gasteiger partial charge in [0.2, 0.25) is 0 Å². The summed E-state index contributed by atoms with van der Waals surface area (Å²) in [5.74, 6) is -1.42. The molecular formula is C27H24F2N2O4. The van der Waals surface area contributed by atoms with E-state index in [1.807, 2.05) is 12.1 Å². The molecule has 0 bridgehead atoms. The lowest BCUT2D eigenvalue weighted by molar-refractivity contribution is -0.0111. The fourth-order valence-electron chi connectivity index (χ4n) is 4.99. The number of aliphatic hydroxyl groups excluding tert-OH is 2. The van der Waals surface area contributed by atoms with Crippen LogP contribution in [0.4, 0.5) is 8.78 Å². The number of hydrogen-bond donors (Lipinski definition) is 2. The van der Waals surface area contributed by atoms with Crippen molar-refractivity contribution in [1.29, 1.82) is 0 Å². The number of benzene rings is 2. The van der Waals surface area contributed by atoms with Crippen LogP contribution in [-0.2, 0) is 12.0 Å². The van der Waals surface area contributed by atoms with Gasteiger partial charge in [-0.2, -0.15) is 0 Å². The molecule has 0 amide bonds. The van der Waals surface area contributed by atoms with Crippen LogP contribution in [0.25, 0.3) is 5.65 Å². The van der Waals surface area contributed by atoms with E-state index in [1.54, 1.807) is 48.7 Å². The maximum atomic E-state index is 14.0. The molecule has 2 aromatic heterocycles. The second-order valence-corrected chi connectivity index (χ2v) is 9.10. The van der Waals surface area contributed by atoms with Gasteiger partial charge in [0.1, 0.15) is 30.0 Å². The van der Waals surface area contributed by atoms with Crippen LogP contribution in [0.2, 0.25) is 0 Å². The van der Waals surface area contributed by atoms with Crippen LogP contribution in [-0.4, -0.2) is 31.5 Å². The van der Waals surface area contributed by atoms with Gasteiger partial charge in [0.05, 0.1) is 17.4 Å². The number of ether oxygens (including phenoxy) is 1. The van der Waals surface area contributed by atoms with E-state index in [4.69, 9.17) is 4.74 Å². The number of aliphatic hydroxyl groups is 2. The molecule has 0 radical (unpaired) electrons. The Kier molecular flexibility index (Phi) is 5.65. The zero-order chi connectivity index (χ0) is 24.9. The summed E-state index contributed by atoms with van der Waals surface area (Å²) >= 11 is 0. The lowest BCUT2D eigenvalue weighted by atomic mass is 9.77. The first kappa shape index (κ1) is 23.1. The fourth-order valence-corrected chi connectivity index (χ4v) is 4.99. The number of rotatable bonds is 6. The molecule has 0 aliphatic heterocycles. The van der Waals surface area contributed by atoms with E-state index >= 15 is 0 Å². The third-order valence-electron chi connectivity index (χ3n) is 6.86. The summed E-state index contributed by atoms with van der Waals surface area (Å²) in [7, 11) is 0. The zero-order valence-electron chi connectivity index (χ0n) is 19.2. The number of pyridine rings is 1. The van der Waals surface area contributed by atoms with Gasteiger partial charge in [-0.1, -0.05) is 37.3 Å². The van der Waals surface area contributed by atoms with E-state index in [0.717, 1.165) is 17.7 Å². The maximum Gasteiger partial charge on any atom is 0.182 e. The molecule has 180 valence electrons. The van der Waals surface area contributed by atoms with Crippen molar-refractivity contribution in [3.05, 3.63) is 101 Å². The Morgan fingerprint density at radius 1 is 1.09 bits per heavy atom. The van der Waals surface area contributed by atoms with Crippen LogP contribution in [0, 0.1) is 18.6 Å². The first-order valence-corrected chi connectivity index (χ1v) is 11.2. The number of nitrogens with zero attached hydrogens (tertiary/aromatic N) is 2. The van der Waals surface area contributed by atoms with Gasteiger partial charge in [0.15, 0.2) is 17.2 Å². The molecule has 6 nitrogen and oxygen atoms in total. The Morgan fingerprint density at radius 3 is 2.54 bits per heavy atom. The molecule has 2 N–H and O–H groups in total. The van der Waals surface area contributed by atoms with Gasteiger partial charge in [0, 0.05) is 18.0 Å². The third-order valence-corrected chi connectivity index (χ3v) is 6.86. The normalized spacial score (nSPS) is 21.3. The number of aromatic nitrogens is 2. The smallest absolute Gasteiger partial charge is 0.182 e. The van der Waals surface area contributed by atoms with Crippen LogP contribution in [0.1, 0.15) is 52.3 Å². The van der Waals surface area contributed by atoms with Crippen molar-refractivity contribution in [2.45, 2.75) is 44.5 Å². The highest BCUT2D eigenvalue weighted by Crippen LogP contribution is 2.47.